The van der Waals surface area contributed by atoms with E-state index >= 15 is 0 Å². The molecule has 1 aliphatic heterocycles. The van der Waals surface area contributed by atoms with Gasteiger partial charge in [0.1, 0.15) is 10.6 Å². The third kappa shape index (κ3) is 5.64. The van der Waals surface area contributed by atoms with Gasteiger partial charge in [-0.1, -0.05) is 38.1 Å². The molecule has 3 rings (SSSR count). The molecule has 0 saturated carbocycles. The van der Waals surface area contributed by atoms with Gasteiger partial charge >= 0.3 is 0 Å². The quantitative estimate of drug-likeness (QED) is 0.708. The third-order valence-electron chi connectivity index (χ3n) is 5.49. The second-order valence-corrected chi connectivity index (χ2v) is 10.0. The molecule has 1 heterocycles. The van der Waals surface area contributed by atoms with Gasteiger partial charge in [0.25, 0.3) is 0 Å². The predicted molar refractivity (Wildman–Crippen MR) is 122 cm³/mol. The molecule has 0 aromatic heterocycles. The zero-order chi connectivity index (χ0) is 22.6. The van der Waals surface area contributed by atoms with Crippen molar-refractivity contribution >= 4 is 21.6 Å². The summed E-state index contributed by atoms with van der Waals surface area (Å²) in [6.07, 6.45) is 0. The molecular weight excluding hydrogens is 414 g/mol. The number of nitrogens with one attached hydrogen (secondary N) is 1. The van der Waals surface area contributed by atoms with Gasteiger partial charge in [0.2, 0.25) is 15.9 Å². The fourth-order valence-corrected chi connectivity index (χ4v) is 5.30. The minimum atomic E-state index is -3.74. The first kappa shape index (κ1) is 23.2. The maximum atomic E-state index is 13.3. The topological polar surface area (TPSA) is 78.9 Å². The van der Waals surface area contributed by atoms with Crippen LogP contribution in [-0.4, -0.2) is 56.8 Å². The molecule has 0 atom stereocenters. The highest BCUT2D eigenvalue weighted by Gasteiger charge is 2.31. The van der Waals surface area contributed by atoms with Gasteiger partial charge in [0.05, 0.1) is 7.11 Å². The number of rotatable bonds is 7. The lowest BCUT2D eigenvalue weighted by molar-refractivity contribution is -0.114. The van der Waals surface area contributed by atoms with Gasteiger partial charge in [-0.3, -0.25) is 9.69 Å². The highest BCUT2D eigenvalue weighted by molar-refractivity contribution is 7.89. The Bertz CT molecular complexity index is 1010. The molecule has 1 N–H and O–H groups in total. The Balaban J connectivity index is 1.69. The summed E-state index contributed by atoms with van der Waals surface area (Å²) < 4.78 is 33.3. The molecule has 0 spiro atoms. The van der Waals surface area contributed by atoms with Crippen LogP contribution in [0, 0.1) is 0 Å². The highest BCUT2D eigenvalue weighted by Crippen LogP contribution is 2.30. The number of piperazine rings is 1. The number of hydrogen-bond donors (Lipinski definition) is 1. The number of benzene rings is 2. The van der Waals surface area contributed by atoms with Crippen LogP contribution in [0.4, 0.5) is 5.69 Å². The van der Waals surface area contributed by atoms with E-state index in [9.17, 15) is 13.2 Å². The molecule has 168 valence electrons. The number of ether oxygens (including phenoxy) is 1. The van der Waals surface area contributed by atoms with Gasteiger partial charge in [0.15, 0.2) is 0 Å². The molecule has 1 aliphatic rings. The van der Waals surface area contributed by atoms with Gasteiger partial charge in [-0.05, 0) is 35.2 Å². The average molecular weight is 446 g/mol. The van der Waals surface area contributed by atoms with Crippen LogP contribution in [-0.2, 0) is 21.4 Å². The molecule has 1 saturated heterocycles. The van der Waals surface area contributed by atoms with Crippen molar-refractivity contribution in [2.75, 3.05) is 38.6 Å². The fourth-order valence-electron chi connectivity index (χ4n) is 3.69. The van der Waals surface area contributed by atoms with Crippen molar-refractivity contribution in [2.45, 2.75) is 38.1 Å². The molecule has 2 aromatic carbocycles. The largest absolute Gasteiger partial charge is 0.495 e. The number of anilines is 1. The lowest BCUT2D eigenvalue weighted by Crippen LogP contribution is -2.48. The maximum absolute atomic E-state index is 13.3. The van der Waals surface area contributed by atoms with Crippen molar-refractivity contribution in [3.63, 3.8) is 0 Å². The maximum Gasteiger partial charge on any atom is 0.246 e. The predicted octanol–water partition coefficient (Wildman–Crippen LogP) is 3.28. The van der Waals surface area contributed by atoms with Gasteiger partial charge in [0, 0.05) is 45.3 Å². The van der Waals surface area contributed by atoms with E-state index in [1.165, 1.54) is 35.5 Å². The monoisotopic (exact) mass is 445 g/mol. The summed E-state index contributed by atoms with van der Waals surface area (Å²) in [6, 6.07) is 13.3. The summed E-state index contributed by atoms with van der Waals surface area (Å²) in [5.74, 6) is 0.509. The average Bonchev–Trinajstić information content (AvgIpc) is 2.74. The first-order valence-electron chi connectivity index (χ1n) is 10.5. The van der Waals surface area contributed by atoms with E-state index in [2.05, 4.69) is 48.3 Å². The Kier molecular flexibility index (Phi) is 7.35. The highest BCUT2D eigenvalue weighted by atomic mass is 32.2. The summed E-state index contributed by atoms with van der Waals surface area (Å²) in [4.78, 5) is 13.7. The number of methoxy groups -OCH3 is 1. The van der Waals surface area contributed by atoms with E-state index in [0.717, 1.165) is 6.54 Å². The zero-order valence-electron chi connectivity index (χ0n) is 18.6. The number of hydrogen-bond acceptors (Lipinski definition) is 5. The molecule has 31 heavy (non-hydrogen) atoms. The van der Waals surface area contributed by atoms with E-state index in [4.69, 9.17) is 4.74 Å². The van der Waals surface area contributed by atoms with Crippen LogP contribution in [0.1, 0.15) is 37.8 Å². The van der Waals surface area contributed by atoms with E-state index in [1.807, 2.05) is 0 Å². The molecule has 0 unspecified atom stereocenters. The van der Waals surface area contributed by atoms with Crippen molar-refractivity contribution in [3.05, 3.63) is 53.6 Å². The second-order valence-electron chi connectivity index (χ2n) is 8.12. The summed E-state index contributed by atoms with van der Waals surface area (Å²) >= 11 is 0. The molecule has 1 amide bonds. The normalized spacial score (nSPS) is 15.8. The molecule has 2 aromatic rings. The fraction of sp³-hybridized carbons (Fsp3) is 0.435. The van der Waals surface area contributed by atoms with Crippen LogP contribution >= 0.6 is 0 Å². The number of carbonyl (C=O) groups is 1. The molecular formula is C23H31N3O4S. The Morgan fingerprint density at radius 2 is 1.71 bits per heavy atom. The van der Waals surface area contributed by atoms with Gasteiger partial charge in [-0.2, -0.15) is 4.31 Å². The van der Waals surface area contributed by atoms with Gasteiger partial charge in [-0.15, -0.1) is 0 Å². The van der Waals surface area contributed by atoms with Crippen molar-refractivity contribution < 1.29 is 17.9 Å². The van der Waals surface area contributed by atoms with Crippen LogP contribution in [0.15, 0.2) is 47.4 Å². The molecule has 0 aliphatic carbocycles. The van der Waals surface area contributed by atoms with Crippen LogP contribution in [0.5, 0.6) is 5.75 Å². The number of nitrogens with zero attached hydrogens (tertiary/aromatic N) is 2. The standard InChI is InChI=1S/C23H31N3O4S/c1-17(2)20-7-5-19(6-8-20)16-25-11-13-26(14-12-25)31(28,29)23-15-21(24-18(3)27)9-10-22(23)30-4/h5-10,15,17H,11-14,16H2,1-4H3,(H,24,27). The number of carbonyl (C=O) groups excluding carboxylic acids is 1. The van der Waals surface area contributed by atoms with E-state index in [0.29, 0.717) is 37.8 Å². The Labute approximate surface area is 185 Å². The first-order chi connectivity index (χ1) is 14.7. The van der Waals surface area contributed by atoms with Crippen molar-refractivity contribution in [2.24, 2.45) is 0 Å². The molecule has 1 fully saturated rings. The van der Waals surface area contributed by atoms with Crippen molar-refractivity contribution in [3.8, 4) is 5.75 Å². The Hall–Kier alpha value is -2.42. The lowest BCUT2D eigenvalue weighted by atomic mass is 10.0. The van der Waals surface area contributed by atoms with Crippen LogP contribution < -0.4 is 10.1 Å². The van der Waals surface area contributed by atoms with Crippen molar-refractivity contribution in [1.82, 2.24) is 9.21 Å². The van der Waals surface area contributed by atoms with E-state index < -0.39 is 10.0 Å². The SMILES string of the molecule is COc1ccc(NC(C)=O)cc1S(=O)(=O)N1CCN(Cc2ccc(C(C)C)cc2)CC1. The van der Waals surface area contributed by atoms with Crippen LogP contribution in [0.25, 0.3) is 0 Å². The molecule has 0 bridgehead atoms. The van der Waals surface area contributed by atoms with Gasteiger partial charge in [-0.25, -0.2) is 8.42 Å². The molecule has 7 nitrogen and oxygen atoms in total. The summed E-state index contributed by atoms with van der Waals surface area (Å²) in [5, 5.41) is 2.63. The summed E-state index contributed by atoms with van der Waals surface area (Å²) in [5.41, 5.74) is 2.97. The number of amides is 1. The Morgan fingerprint density at radius 1 is 1.06 bits per heavy atom. The van der Waals surface area contributed by atoms with Gasteiger partial charge < -0.3 is 10.1 Å². The summed E-state index contributed by atoms with van der Waals surface area (Å²) in [7, 11) is -2.30. The van der Waals surface area contributed by atoms with Crippen LogP contribution in [0.3, 0.4) is 0 Å². The van der Waals surface area contributed by atoms with E-state index in [1.54, 1.807) is 12.1 Å². The lowest BCUT2D eigenvalue weighted by Gasteiger charge is -2.34. The molecule has 0 radical (unpaired) electrons. The number of sulfonamides is 1. The van der Waals surface area contributed by atoms with E-state index in [-0.39, 0.29) is 16.6 Å². The molecule has 8 heteroatoms. The first-order valence-corrected chi connectivity index (χ1v) is 11.9. The Morgan fingerprint density at radius 3 is 2.26 bits per heavy atom. The summed E-state index contributed by atoms with van der Waals surface area (Å²) in [6.45, 7) is 8.64. The zero-order valence-corrected chi connectivity index (χ0v) is 19.4. The minimum Gasteiger partial charge on any atom is -0.495 e. The van der Waals surface area contributed by atoms with Crippen LogP contribution in [0.2, 0.25) is 0 Å². The van der Waals surface area contributed by atoms with Crippen molar-refractivity contribution in [1.29, 1.82) is 0 Å². The smallest absolute Gasteiger partial charge is 0.246 e. The second kappa shape index (κ2) is 9.80. The minimum absolute atomic E-state index is 0.0685. The third-order valence-corrected chi connectivity index (χ3v) is 7.41.